The lowest BCUT2D eigenvalue weighted by Crippen LogP contribution is -2.15. The van der Waals surface area contributed by atoms with Crippen LogP contribution in [0.1, 0.15) is 13.8 Å². The molecule has 2 aromatic rings. The zero-order valence-corrected chi connectivity index (χ0v) is 11.8. The van der Waals surface area contributed by atoms with E-state index in [9.17, 15) is 0 Å². The summed E-state index contributed by atoms with van der Waals surface area (Å²) in [6, 6.07) is 16.5. The van der Waals surface area contributed by atoms with Gasteiger partial charge in [-0.05, 0) is 48.7 Å². The smallest absolute Gasteiger partial charge is 0.116 e. The lowest BCUT2D eigenvalue weighted by atomic mass is 10.1. The molecule has 0 fully saturated rings. The Morgan fingerprint density at radius 3 is 2.53 bits per heavy atom. The first-order valence-corrected chi connectivity index (χ1v) is 6.73. The molecule has 4 heteroatoms. The van der Waals surface area contributed by atoms with Crippen LogP contribution in [0.3, 0.4) is 0 Å². The third kappa shape index (κ3) is 5.12. The van der Waals surface area contributed by atoms with Crippen molar-refractivity contribution in [3.8, 4) is 6.07 Å². The summed E-state index contributed by atoms with van der Waals surface area (Å²) in [6.07, 6.45) is 0.750. The van der Waals surface area contributed by atoms with Crippen LogP contribution in [0, 0.1) is 11.3 Å². The highest BCUT2D eigenvalue weighted by atomic mass is 32.2. The first kappa shape index (κ1) is 15.2. The Hall–Kier alpha value is -1.83. The SMILES string of the molecule is CC(C#N)NSc1ccc2ccccc2c1.CC=O. The van der Waals surface area contributed by atoms with Crippen LogP contribution in [0.4, 0.5) is 0 Å². The summed E-state index contributed by atoms with van der Waals surface area (Å²) >= 11 is 1.50. The second-order valence-corrected chi connectivity index (χ2v) is 4.73. The summed E-state index contributed by atoms with van der Waals surface area (Å²) in [7, 11) is 0. The summed E-state index contributed by atoms with van der Waals surface area (Å²) in [6.45, 7) is 3.29. The van der Waals surface area contributed by atoms with E-state index in [1.807, 2.05) is 19.1 Å². The van der Waals surface area contributed by atoms with Gasteiger partial charge in [0.1, 0.15) is 12.3 Å². The second-order valence-electron chi connectivity index (χ2n) is 3.82. The predicted molar refractivity (Wildman–Crippen MR) is 79.8 cm³/mol. The lowest BCUT2D eigenvalue weighted by molar-refractivity contribution is -0.106. The van der Waals surface area contributed by atoms with Crippen molar-refractivity contribution in [2.45, 2.75) is 24.8 Å². The molecule has 0 saturated carbocycles. The number of nitrogens with zero attached hydrogens (tertiary/aromatic N) is 1. The topological polar surface area (TPSA) is 52.9 Å². The molecule has 0 bridgehead atoms. The first-order valence-electron chi connectivity index (χ1n) is 5.91. The van der Waals surface area contributed by atoms with E-state index in [0.717, 1.165) is 11.2 Å². The van der Waals surface area contributed by atoms with Gasteiger partial charge in [-0.25, -0.2) is 4.72 Å². The van der Waals surface area contributed by atoms with Gasteiger partial charge in [-0.15, -0.1) is 0 Å². The minimum atomic E-state index is -0.142. The fourth-order valence-electron chi connectivity index (χ4n) is 1.41. The summed E-state index contributed by atoms with van der Waals surface area (Å²) in [4.78, 5) is 9.93. The molecule has 19 heavy (non-hydrogen) atoms. The number of carbonyl (C=O) groups is 1. The van der Waals surface area contributed by atoms with Gasteiger partial charge in [-0.2, -0.15) is 5.26 Å². The van der Waals surface area contributed by atoms with Crippen LogP contribution < -0.4 is 4.72 Å². The van der Waals surface area contributed by atoms with Crippen molar-refractivity contribution < 1.29 is 4.79 Å². The highest BCUT2D eigenvalue weighted by Crippen LogP contribution is 2.21. The van der Waals surface area contributed by atoms with Gasteiger partial charge in [-0.3, -0.25) is 0 Å². The van der Waals surface area contributed by atoms with Crippen molar-refractivity contribution in [2.75, 3.05) is 0 Å². The Bertz CT molecular complexity index is 578. The van der Waals surface area contributed by atoms with Crippen molar-refractivity contribution in [3.63, 3.8) is 0 Å². The molecule has 2 aromatic carbocycles. The number of hydrogen-bond donors (Lipinski definition) is 1. The van der Waals surface area contributed by atoms with Crippen molar-refractivity contribution in [1.82, 2.24) is 4.72 Å². The molecule has 0 spiro atoms. The van der Waals surface area contributed by atoms with E-state index in [1.165, 1.54) is 29.6 Å². The van der Waals surface area contributed by atoms with E-state index in [1.54, 1.807) is 0 Å². The molecule has 98 valence electrons. The fraction of sp³-hybridized carbons (Fsp3) is 0.200. The number of nitrogens with one attached hydrogen (secondary N) is 1. The lowest BCUT2D eigenvalue weighted by Gasteiger charge is -2.06. The number of hydrogen-bond acceptors (Lipinski definition) is 4. The van der Waals surface area contributed by atoms with Crippen molar-refractivity contribution in [3.05, 3.63) is 42.5 Å². The van der Waals surface area contributed by atoms with Gasteiger partial charge in [0, 0.05) is 4.90 Å². The largest absolute Gasteiger partial charge is 0.304 e. The Balaban J connectivity index is 0.000000550. The number of nitriles is 1. The van der Waals surface area contributed by atoms with Crippen molar-refractivity contribution >= 4 is 29.0 Å². The molecule has 0 aliphatic rings. The molecule has 1 N–H and O–H groups in total. The van der Waals surface area contributed by atoms with E-state index in [0.29, 0.717) is 0 Å². The fourth-order valence-corrected chi connectivity index (χ4v) is 2.10. The highest BCUT2D eigenvalue weighted by Gasteiger charge is 2.00. The van der Waals surface area contributed by atoms with Gasteiger partial charge in [0.25, 0.3) is 0 Å². The van der Waals surface area contributed by atoms with Crippen LogP contribution >= 0.6 is 11.9 Å². The van der Waals surface area contributed by atoms with E-state index in [2.05, 4.69) is 41.1 Å². The first-order chi connectivity index (χ1) is 9.21. The van der Waals surface area contributed by atoms with Crippen LogP contribution in [0.25, 0.3) is 10.8 Å². The van der Waals surface area contributed by atoms with E-state index in [-0.39, 0.29) is 6.04 Å². The number of rotatable bonds is 3. The summed E-state index contributed by atoms with van der Waals surface area (Å²) in [5.74, 6) is 0. The zero-order valence-electron chi connectivity index (χ0n) is 11.0. The molecule has 0 aromatic heterocycles. The zero-order chi connectivity index (χ0) is 14.1. The van der Waals surface area contributed by atoms with Crippen molar-refractivity contribution in [1.29, 1.82) is 5.26 Å². The van der Waals surface area contributed by atoms with Crippen LogP contribution in [-0.4, -0.2) is 12.3 Å². The van der Waals surface area contributed by atoms with Crippen LogP contribution in [-0.2, 0) is 4.79 Å². The molecule has 0 saturated heterocycles. The normalized spacial score (nSPS) is 11.0. The average Bonchev–Trinajstić information content (AvgIpc) is 2.45. The monoisotopic (exact) mass is 272 g/mol. The molecule has 3 nitrogen and oxygen atoms in total. The quantitative estimate of drug-likeness (QED) is 0.685. The summed E-state index contributed by atoms with van der Waals surface area (Å²) < 4.78 is 3.07. The molecule has 1 atom stereocenters. The Morgan fingerprint density at radius 1 is 1.26 bits per heavy atom. The molecule has 0 radical (unpaired) electrons. The highest BCUT2D eigenvalue weighted by molar-refractivity contribution is 7.97. The van der Waals surface area contributed by atoms with E-state index in [4.69, 9.17) is 10.1 Å². The average molecular weight is 272 g/mol. The van der Waals surface area contributed by atoms with Gasteiger partial charge in [0.2, 0.25) is 0 Å². The van der Waals surface area contributed by atoms with Gasteiger partial charge >= 0.3 is 0 Å². The van der Waals surface area contributed by atoms with E-state index < -0.39 is 0 Å². The summed E-state index contributed by atoms with van der Waals surface area (Å²) in [5, 5.41) is 11.1. The Morgan fingerprint density at radius 2 is 1.89 bits per heavy atom. The third-order valence-electron chi connectivity index (χ3n) is 2.27. The van der Waals surface area contributed by atoms with Crippen LogP contribution in [0.2, 0.25) is 0 Å². The number of fused-ring (bicyclic) bond motifs is 1. The minimum absolute atomic E-state index is 0.142. The van der Waals surface area contributed by atoms with Crippen molar-refractivity contribution in [2.24, 2.45) is 0 Å². The maximum absolute atomic E-state index is 8.81. The molecule has 0 aliphatic carbocycles. The second kappa shape index (κ2) is 8.30. The van der Waals surface area contributed by atoms with Crippen LogP contribution in [0.15, 0.2) is 47.4 Å². The molecule has 0 heterocycles. The van der Waals surface area contributed by atoms with Gasteiger partial charge in [-0.1, -0.05) is 30.3 Å². The Kier molecular flexibility index (Phi) is 6.65. The minimum Gasteiger partial charge on any atom is -0.304 e. The summed E-state index contributed by atoms with van der Waals surface area (Å²) in [5.41, 5.74) is 0. The number of carbonyl (C=O) groups excluding carboxylic acids is 1. The molecule has 1 unspecified atom stereocenters. The third-order valence-corrected chi connectivity index (χ3v) is 3.23. The van der Waals surface area contributed by atoms with Gasteiger partial charge in [0.15, 0.2) is 0 Å². The molecular weight excluding hydrogens is 256 g/mol. The molecule has 2 rings (SSSR count). The van der Waals surface area contributed by atoms with E-state index >= 15 is 0 Å². The molecule has 0 aliphatic heterocycles. The number of aldehydes is 1. The standard InChI is InChI=1S/C13H12N2S.C2H4O/c1-10(9-14)15-16-13-7-6-11-4-2-3-5-12(11)8-13;1-2-3/h2-8,10,15H,1H3;2H,1H3. The van der Waals surface area contributed by atoms with Gasteiger partial charge < -0.3 is 4.79 Å². The molecular formula is C15H16N2OS. The maximum atomic E-state index is 8.81. The Labute approximate surface area is 117 Å². The van der Waals surface area contributed by atoms with Crippen LogP contribution in [0.5, 0.6) is 0 Å². The number of benzene rings is 2. The predicted octanol–water partition coefficient (Wildman–Crippen LogP) is 3.55. The van der Waals surface area contributed by atoms with Gasteiger partial charge in [0.05, 0.1) is 6.07 Å². The maximum Gasteiger partial charge on any atom is 0.116 e. The molecule has 0 amide bonds.